The molecule has 0 saturated heterocycles. The lowest BCUT2D eigenvalue weighted by Gasteiger charge is -2.25. The minimum absolute atomic E-state index is 0.0989. The molecule has 0 aliphatic carbocycles. The Hall–Kier alpha value is -2.27. The standard InChI is InChI=1S/C21H23ClN2O2/c1-14-4-2-3-5-21(14)26-13-16(12-25)20-10-15(8-9-24-20)18-11-17(22)6-7-19(18)23/h2-7,10-11,13,20,24-25H,8-9,12,23H2,1H3/b16-13+. The number of nitrogens with one attached hydrogen (secondary N) is 1. The number of anilines is 1. The lowest BCUT2D eigenvalue weighted by Crippen LogP contribution is -2.35. The third-order valence-corrected chi connectivity index (χ3v) is 4.74. The Kier molecular flexibility index (Phi) is 5.99. The molecular formula is C21H23ClN2O2. The number of hydrogen-bond donors (Lipinski definition) is 3. The molecule has 2 aromatic carbocycles. The van der Waals surface area contributed by atoms with E-state index in [4.69, 9.17) is 22.1 Å². The van der Waals surface area contributed by atoms with E-state index in [0.717, 1.165) is 41.0 Å². The average molecular weight is 371 g/mol. The maximum absolute atomic E-state index is 9.82. The Bertz CT molecular complexity index is 846. The van der Waals surface area contributed by atoms with E-state index >= 15 is 0 Å². The van der Waals surface area contributed by atoms with E-state index in [1.165, 1.54) is 0 Å². The van der Waals surface area contributed by atoms with Gasteiger partial charge in [-0.1, -0.05) is 35.9 Å². The van der Waals surface area contributed by atoms with Crippen molar-refractivity contribution in [3.63, 3.8) is 0 Å². The highest BCUT2D eigenvalue weighted by molar-refractivity contribution is 6.30. The molecule has 0 amide bonds. The van der Waals surface area contributed by atoms with Crippen LogP contribution in [0.1, 0.15) is 17.5 Å². The second kappa shape index (κ2) is 8.41. The van der Waals surface area contributed by atoms with Crippen LogP contribution < -0.4 is 15.8 Å². The highest BCUT2D eigenvalue weighted by Crippen LogP contribution is 2.30. The van der Waals surface area contributed by atoms with E-state index in [-0.39, 0.29) is 12.6 Å². The Balaban J connectivity index is 1.85. The molecule has 2 aromatic rings. The second-order valence-electron chi connectivity index (χ2n) is 6.34. The summed E-state index contributed by atoms with van der Waals surface area (Å²) in [5.74, 6) is 0.776. The molecule has 136 valence electrons. The van der Waals surface area contributed by atoms with Gasteiger partial charge in [-0.2, -0.15) is 0 Å². The summed E-state index contributed by atoms with van der Waals surface area (Å²) >= 11 is 6.12. The van der Waals surface area contributed by atoms with Crippen molar-refractivity contribution >= 4 is 22.9 Å². The molecule has 0 aromatic heterocycles. The number of para-hydroxylation sites is 1. The SMILES string of the molecule is Cc1ccccc1O/C=C(\CO)C1C=C(c2cc(Cl)ccc2N)CCN1. The first-order valence-corrected chi connectivity index (χ1v) is 8.98. The van der Waals surface area contributed by atoms with Gasteiger partial charge in [0.05, 0.1) is 18.9 Å². The Morgan fingerprint density at radius 3 is 2.92 bits per heavy atom. The fourth-order valence-corrected chi connectivity index (χ4v) is 3.18. The van der Waals surface area contributed by atoms with Crippen LogP contribution in [0, 0.1) is 6.92 Å². The van der Waals surface area contributed by atoms with Crippen molar-refractivity contribution in [2.24, 2.45) is 0 Å². The molecule has 1 aliphatic rings. The van der Waals surface area contributed by atoms with Crippen molar-refractivity contribution in [1.29, 1.82) is 0 Å². The van der Waals surface area contributed by atoms with Crippen LogP contribution in [0.5, 0.6) is 5.75 Å². The maximum Gasteiger partial charge on any atom is 0.129 e. The number of aliphatic hydroxyl groups excluding tert-OH is 1. The summed E-state index contributed by atoms with van der Waals surface area (Å²) in [7, 11) is 0. The number of halogens is 1. The first kappa shape index (κ1) is 18.5. The predicted octanol–water partition coefficient (Wildman–Crippen LogP) is 3.93. The third kappa shape index (κ3) is 4.28. The van der Waals surface area contributed by atoms with Crippen LogP contribution >= 0.6 is 11.6 Å². The normalized spacial score (nSPS) is 17.7. The summed E-state index contributed by atoms with van der Waals surface area (Å²) in [5.41, 5.74) is 10.7. The quantitative estimate of drug-likeness (QED) is 0.551. The van der Waals surface area contributed by atoms with Crippen LogP contribution in [0.3, 0.4) is 0 Å². The van der Waals surface area contributed by atoms with Crippen LogP contribution in [0.4, 0.5) is 5.69 Å². The van der Waals surface area contributed by atoms with Crippen molar-refractivity contribution in [2.75, 3.05) is 18.9 Å². The number of ether oxygens (including phenoxy) is 1. The molecule has 26 heavy (non-hydrogen) atoms. The maximum atomic E-state index is 9.82. The van der Waals surface area contributed by atoms with Gasteiger partial charge < -0.3 is 20.9 Å². The number of aliphatic hydroxyl groups is 1. The molecule has 0 saturated carbocycles. The van der Waals surface area contributed by atoms with E-state index in [1.807, 2.05) is 43.3 Å². The van der Waals surface area contributed by atoms with Gasteiger partial charge in [0.25, 0.3) is 0 Å². The van der Waals surface area contributed by atoms with Crippen molar-refractivity contribution in [2.45, 2.75) is 19.4 Å². The summed E-state index contributed by atoms with van der Waals surface area (Å²) in [6.07, 6.45) is 4.55. The largest absolute Gasteiger partial charge is 0.465 e. The van der Waals surface area contributed by atoms with Crippen molar-refractivity contribution in [3.8, 4) is 5.75 Å². The third-order valence-electron chi connectivity index (χ3n) is 4.50. The van der Waals surface area contributed by atoms with Gasteiger partial charge in [0.1, 0.15) is 5.75 Å². The molecule has 0 spiro atoms. The summed E-state index contributed by atoms with van der Waals surface area (Å²) in [6.45, 7) is 2.67. The molecule has 1 atom stereocenters. The van der Waals surface area contributed by atoms with Crippen molar-refractivity contribution in [1.82, 2.24) is 5.32 Å². The van der Waals surface area contributed by atoms with Gasteiger partial charge in [-0.3, -0.25) is 0 Å². The first-order chi connectivity index (χ1) is 12.6. The number of aryl methyl sites for hydroxylation is 1. The average Bonchev–Trinajstić information content (AvgIpc) is 2.66. The van der Waals surface area contributed by atoms with Crippen LogP contribution in [0.25, 0.3) is 5.57 Å². The summed E-state index contributed by atoms with van der Waals surface area (Å²) in [4.78, 5) is 0. The molecule has 5 heteroatoms. The summed E-state index contributed by atoms with van der Waals surface area (Å²) in [6, 6.07) is 13.2. The van der Waals surface area contributed by atoms with Crippen molar-refractivity contribution in [3.05, 3.63) is 76.5 Å². The van der Waals surface area contributed by atoms with E-state index in [0.29, 0.717) is 10.7 Å². The van der Waals surface area contributed by atoms with Gasteiger partial charge in [0, 0.05) is 28.4 Å². The Labute approximate surface area is 158 Å². The Morgan fingerprint density at radius 2 is 2.15 bits per heavy atom. The fourth-order valence-electron chi connectivity index (χ4n) is 3.01. The van der Waals surface area contributed by atoms with Gasteiger partial charge in [0.15, 0.2) is 0 Å². The highest BCUT2D eigenvalue weighted by atomic mass is 35.5. The second-order valence-corrected chi connectivity index (χ2v) is 6.78. The number of benzene rings is 2. The van der Waals surface area contributed by atoms with Gasteiger partial charge >= 0.3 is 0 Å². The van der Waals surface area contributed by atoms with E-state index in [1.54, 1.807) is 12.3 Å². The van der Waals surface area contributed by atoms with Crippen LogP contribution in [-0.2, 0) is 0 Å². The van der Waals surface area contributed by atoms with Crippen molar-refractivity contribution < 1.29 is 9.84 Å². The van der Waals surface area contributed by atoms with Crippen LogP contribution in [0.15, 0.2) is 60.4 Å². The molecule has 1 heterocycles. The minimum Gasteiger partial charge on any atom is -0.465 e. The zero-order valence-corrected chi connectivity index (χ0v) is 15.5. The molecule has 0 radical (unpaired) electrons. The molecular weight excluding hydrogens is 348 g/mol. The number of rotatable bonds is 5. The molecule has 1 unspecified atom stereocenters. The topological polar surface area (TPSA) is 67.5 Å². The molecule has 0 bridgehead atoms. The number of nitrogen functional groups attached to an aromatic ring is 1. The highest BCUT2D eigenvalue weighted by Gasteiger charge is 2.19. The van der Waals surface area contributed by atoms with Gasteiger partial charge in [-0.25, -0.2) is 0 Å². The Morgan fingerprint density at radius 1 is 1.35 bits per heavy atom. The van der Waals surface area contributed by atoms with Gasteiger partial charge in [-0.05, 0) is 48.7 Å². The molecule has 3 rings (SSSR count). The lowest BCUT2D eigenvalue weighted by atomic mass is 9.93. The molecule has 4 nitrogen and oxygen atoms in total. The summed E-state index contributed by atoms with van der Waals surface area (Å²) < 4.78 is 5.79. The lowest BCUT2D eigenvalue weighted by molar-refractivity contribution is 0.313. The van der Waals surface area contributed by atoms with Crippen LogP contribution in [-0.4, -0.2) is 24.3 Å². The first-order valence-electron chi connectivity index (χ1n) is 8.60. The molecule has 1 aliphatic heterocycles. The minimum atomic E-state index is -0.119. The monoisotopic (exact) mass is 370 g/mol. The van der Waals surface area contributed by atoms with E-state index in [9.17, 15) is 5.11 Å². The van der Waals surface area contributed by atoms with E-state index in [2.05, 4.69) is 11.4 Å². The molecule has 0 fully saturated rings. The van der Waals surface area contributed by atoms with Crippen LogP contribution in [0.2, 0.25) is 5.02 Å². The predicted molar refractivity (Wildman–Crippen MR) is 107 cm³/mol. The van der Waals surface area contributed by atoms with Gasteiger partial charge in [-0.15, -0.1) is 0 Å². The van der Waals surface area contributed by atoms with E-state index < -0.39 is 0 Å². The van der Waals surface area contributed by atoms with Gasteiger partial charge in [0.2, 0.25) is 0 Å². The zero-order valence-electron chi connectivity index (χ0n) is 14.7. The number of hydrogen-bond acceptors (Lipinski definition) is 4. The zero-order chi connectivity index (χ0) is 18.5. The fraction of sp³-hybridized carbons (Fsp3) is 0.238. The summed E-state index contributed by atoms with van der Waals surface area (Å²) in [5, 5.41) is 13.9. The smallest absolute Gasteiger partial charge is 0.129 e. The number of nitrogens with two attached hydrogens (primary N) is 1. The molecule has 4 N–H and O–H groups in total.